The molecule has 0 saturated carbocycles. The Hall–Kier alpha value is -1.82. The number of imidazole rings is 1. The van der Waals surface area contributed by atoms with Crippen LogP contribution in [0, 0.1) is 0 Å². The molecule has 0 spiro atoms. The number of aromatic nitrogens is 2. The van der Waals surface area contributed by atoms with Gasteiger partial charge in [-0.3, -0.25) is 0 Å². The van der Waals surface area contributed by atoms with Crippen molar-refractivity contribution < 1.29 is 13.2 Å². The number of benzene rings is 1. The molecule has 0 fully saturated rings. The lowest BCUT2D eigenvalue weighted by Gasteiger charge is -2.19. The summed E-state index contributed by atoms with van der Waals surface area (Å²) in [6.45, 7) is 0.684. The lowest BCUT2D eigenvalue weighted by Crippen LogP contribution is -2.31. The number of nitrogens with zero attached hydrogens (tertiary/aromatic N) is 2. The van der Waals surface area contributed by atoms with Crippen molar-refractivity contribution in [2.45, 2.75) is 38.0 Å². The number of hydrogen-bond acceptors (Lipinski definition) is 2. The molecule has 3 nitrogen and oxygen atoms in total. The van der Waals surface area contributed by atoms with Crippen LogP contribution in [0.3, 0.4) is 0 Å². The second kappa shape index (κ2) is 5.18. The largest absolute Gasteiger partial charge is 0.416 e. The first-order chi connectivity index (χ1) is 9.93. The smallest absolute Gasteiger partial charge is 0.333 e. The number of halogens is 3. The van der Waals surface area contributed by atoms with Crippen LogP contribution in [0.5, 0.6) is 0 Å². The lowest BCUT2D eigenvalue weighted by atomic mass is 10.0. The Morgan fingerprint density at radius 1 is 1.29 bits per heavy atom. The maximum Gasteiger partial charge on any atom is 0.416 e. The van der Waals surface area contributed by atoms with Gasteiger partial charge in [-0.05, 0) is 18.1 Å². The molecule has 2 heterocycles. The summed E-state index contributed by atoms with van der Waals surface area (Å²) in [5, 5.41) is 0. The molecular formula is C15H16F3N3. The highest BCUT2D eigenvalue weighted by molar-refractivity contribution is 5.33. The maximum absolute atomic E-state index is 13.0. The molecule has 21 heavy (non-hydrogen) atoms. The van der Waals surface area contributed by atoms with E-state index in [0.29, 0.717) is 12.2 Å². The van der Waals surface area contributed by atoms with Crippen LogP contribution in [0.25, 0.3) is 0 Å². The zero-order chi connectivity index (χ0) is 15.0. The fourth-order valence-corrected chi connectivity index (χ4v) is 2.76. The summed E-state index contributed by atoms with van der Waals surface area (Å²) in [7, 11) is 0. The van der Waals surface area contributed by atoms with E-state index in [2.05, 4.69) is 4.98 Å². The van der Waals surface area contributed by atoms with Crippen LogP contribution < -0.4 is 5.73 Å². The number of fused-ring (bicyclic) bond motifs is 1. The van der Waals surface area contributed by atoms with Gasteiger partial charge in [0, 0.05) is 31.6 Å². The maximum atomic E-state index is 13.0. The first-order valence-electron chi connectivity index (χ1n) is 6.89. The van der Waals surface area contributed by atoms with Gasteiger partial charge in [0.1, 0.15) is 5.82 Å². The van der Waals surface area contributed by atoms with Gasteiger partial charge in [-0.25, -0.2) is 4.98 Å². The summed E-state index contributed by atoms with van der Waals surface area (Å²) in [6, 6.07) is 5.75. The minimum absolute atomic E-state index is 0.0991. The fraction of sp³-hybridized carbons (Fsp3) is 0.400. The highest BCUT2D eigenvalue weighted by Gasteiger charge is 2.33. The number of nitrogens with two attached hydrogens (primary N) is 1. The zero-order valence-corrected chi connectivity index (χ0v) is 11.4. The van der Waals surface area contributed by atoms with Gasteiger partial charge >= 0.3 is 6.18 Å². The average Bonchev–Trinajstić information content (AvgIpc) is 2.79. The van der Waals surface area contributed by atoms with Gasteiger partial charge in [0.2, 0.25) is 0 Å². The van der Waals surface area contributed by atoms with Crippen LogP contribution >= 0.6 is 0 Å². The predicted molar refractivity (Wildman–Crippen MR) is 72.8 cm³/mol. The minimum atomic E-state index is -4.34. The number of rotatable bonds is 2. The van der Waals surface area contributed by atoms with E-state index in [9.17, 15) is 13.2 Å². The third-order valence-electron chi connectivity index (χ3n) is 3.77. The second-order valence-corrected chi connectivity index (χ2v) is 5.43. The van der Waals surface area contributed by atoms with E-state index in [1.54, 1.807) is 6.07 Å². The first-order valence-corrected chi connectivity index (χ1v) is 6.89. The normalized spacial score (nSPS) is 18.6. The van der Waals surface area contributed by atoms with Gasteiger partial charge in [-0.1, -0.05) is 18.2 Å². The SMILES string of the molecule is NC1CCc2nc(Cc3ccccc3C(F)(F)F)cn2C1. The topological polar surface area (TPSA) is 43.8 Å². The number of alkyl halides is 3. The van der Waals surface area contributed by atoms with Crippen molar-refractivity contribution in [2.75, 3.05) is 0 Å². The van der Waals surface area contributed by atoms with E-state index in [0.717, 1.165) is 24.7 Å². The van der Waals surface area contributed by atoms with Crippen LogP contribution in [-0.2, 0) is 25.6 Å². The van der Waals surface area contributed by atoms with Crippen molar-refractivity contribution in [3.8, 4) is 0 Å². The average molecular weight is 295 g/mol. The van der Waals surface area contributed by atoms with Crippen LogP contribution in [0.1, 0.15) is 29.1 Å². The molecule has 0 radical (unpaired) electrons. The molecule has 1 unspecified atom stereocenters. The standard InChI is InChI=1S/C15H16F3N3/c16-15(17,18)13-4-2-1-3-10(13)7-12-9-21-8-11(19)5-6-14(21)20-12/h1-4,9,11H,5-8,19H2. The van der Waals surface area contributed by atoms with Crippen molar-refractivity contribution in [2.24, 2.45) is 5.73 Å². The third kappa shape index (κ3) is 2.95. The zero-order valence-electron chi connectivity index (χ0n) is 11.4. The third-order valence-corrected chi connectivity index (χ3v) is 3.77. The summed E-state index contributed by atoms with van der Waals surface area (Å²) in [5.74, 6) is 0.913. The highest BCUT2D eigenvalue weighted by Crippen LogP contribution is 2.32. The van der Waals surface area contributed by atoms with Crippen molar-refractivity contribution in [1.29, 1.82) is 0 Å². The Bertz CT molecular complexity index is 646. The molecule has 2 aromatic rings. The van der Waals surface area contributed by atoms with Crippen LogP contribution in [0.2, 0.25) is 0 Å². The van der Waals surface area contributed by atoms with Crippen molar-refractivity contribution in [1.82, 2.24) is 9.55 Å². The van der Waals surface area contributed by atoms with E-state index < -0.39 is 11.7 Å². The molecule has 1 aromatic carbocycles. The van der Waals surface area contributed by atoms with Gasteiger partial charge in [0.15, 0.2) is 0 Å². The number of aryl methyl sites for hydroxylation is 1. The minimum Gasteiger partial charge on any atom is -0.333 e. The molecule has 0 amide bonds. The summed E-state index contributed by atoms with van der Waals surface area (Å²) in [4.78, 5) is 4.44. The quantitative estimate of drug-likeness (QED) is 0.926. The summed E-state index contributed by atoms with van der Waals surface area (Å²) in [5.41, 5.74) is 6.22. The van der Waals surface area contributed by atoms with Crippen molar-refractivity contribution >= 4 is 0 Å². The molecule has 1 atom stereocenters. The van der Waals surface area contributed by atoms with Gasteiger partial charge in [0.05, 0.1) is 11.3 Å². The molecule has 0 saturated heterocycles. The van der Waals surface area contributed by atoms with Gasteiger partial charge < -0.3 is 10.3 Å². The summed E-state index contributed by atoms with van der Waals surface area (Å²) >= 11 is 0. The molecule has 2 N–H and O–H groups in total. The predicted octanol–water partition coefficient (Wildman–Crippen LogP) is 2.77. The summed E-state index contributed by atoms with van der Waals surface area (Å²) < 4.78 is 40.9. The van der Waals surface area contributed by atoms with Crippen LogP contribution in [0.15, 0.2) is 30.5 Å². The van der Waals surface area contributed by atoms with Crippen molar-refractivity contribution in [3.63, 3.8) is 0 Å². The lowest BCUT2D eigenvalue weighted by molar-refractivity contribution is -0.138. The van der Waals surface area contributed by atoms with Crippen LogP contribution in [0.4, 0.5) is 13.2 Å². The van der Waals surface area contributed by atoms with E-state index in [1.165, 1.54) is 12.1 Å². The Morgan fingerprint density at radius 3 is 2.81 bits per heavy atom. The highest BCUT2D eigenvalue weighted by atomic mass is 19.4. The van der Waals surface area contributed by atoms with Gasteiger partial charge in [0.25, 0.3) is 0 Å². The number of hydrogen-bond donors (Lipinski definition) is 1. The molecule has 3 rings (SSSR count). The molecule has 1 aliphatic heterocycles. The Balaban J connectivity index is 1.88. The molecule has 0 bridgehead atoms. The van der Waals surface area contributed by atoms with Gasteiger partial charge in [-0.15, -0.1) is 0 Å². The van der Waals surface area contributed by atoms with Crippen LogP contribution in [-0.4, -0.2) is 15.6 Å². The molecular weight excluding hydrogens is 279 g/mol. The second-order valence-electron chi connectivity index (χ2n) is 5.43. The fourth-order valence-electron chi connectivity index (χ4n) is 2.76. The first kappa shape index (κ1) is 14.1. The molecule has 1 aliphatic rings. The molecule has 112 valence electrons. The van der Waals surface area contributed by atoms with E-state index in [-0.39, 0.29) is 18.0 Å². The van der Waals surface area contributed by atoms with E-state index in [1.807, 2.05) is 10.8 Å². The van der Waals surface area contributed by atoms with E-state index >= 15 is 0 Å². The Morgan fingerprint density at radius 2 is 2.05 bits per heavy atom. The van der Waals surface area contributed by atoms with Crippen molar-refractivity contribution in [3.05, 3.63) is 53.1 Å². The van der Waals surface area contributed by atoms with Gasteiger partial charge in [-0.2, -0.15) is 13.2 Å². The Kier molecular flexibility index (Phi) is 3.49. The molecule has 0 aliphatic carbocycles. The Labute approximate surface area is 120 Å². The molecule has 1 aromatic heterocycles. The summed E-state index contributed by atoms with van der Waals surface area (Å²) in [6.07, 6.45) is -0.678. The monoisotopic (exact) mass is 295 g/mol. The van der Waals surface area contributed by atoms with E-state index in [4.69, 9.17) is 5.73 Å². The molecule has 6 heteroatoms.